The standard InChI is InChI=1S/C27H31N3O4S/c1-29-13-5-10-22(29)26(27(32)28-19-7-3-2-4-8-19)30(25(31)18-21-9-6-16-35-21)20-11-12-23-24(17-20)34-15-14-33-23/h5-6,9-13,16-17,19,26H,2-4,7-8,14-15,18H2,1H3,(H,28,32)/t26-/m1/s1. The maximum atomic E-state index is 13.9. The Hall–Kier alpha value is -3.26. The first-order valence-corrected chi connectivity index (χ1v) is 13.1. The summed E-state index contributed by atoms with van der Waals surface area (Å²) in [5, 5.41) is 5.22. The normalized spacial score (nSPS) is 16.5. The number of hydrogen-bond donors (Lipinski definition) is 1. The number of nitrogens with zero attached hydrogens (tertiary/aromatic N) is 2. The number of amides is 2. The first kappa shape index (κ1) is 23.5. The number of ether oxygens (including phenoxy) is 2. The van der Waals surface area contributed by atoms with E-state index >= 15 is 0 Å². The lowest BCUT2D eigenvalue weighted by atomic mass is 9.95. The molecule has 1 saturated carbocycles. The largest absolute Gasteiger partial charge is 0.486 e. The lowest BCUT2D eigenvalue weighted by Crippen LogP contribution is -2.48. The molecule has 1 aliphatic carbocycles. The van der Waals surface area contributed by atoms with Gasteiger partial charge in [-0.2, -0.15) is 0 Å². The number of aromatic nitrogens is 1. The molecule has 1 fully saturated rings. The van der Waals surface area contributed by atoms with Crippen molar-refractivity contribution in [2.24, 2.45) is 7.05 Å². The van der Waals surface area contributed by atoms with Crippen molar-refractivity contribution in [3.63, 3.8) is 0 Å². The van der Waals surface area contributed by atoms with E-state index in [1.165, 1.54) is 17.8 Å². The van der Waals surface area contributed by atoms with Gasteiger partial charge >= 0.3 is 0 Å². The van der Waals surface area contributed by atoms with Crippen LogP contribution >= 0.6 is 11.3 Å². The summed E-state index contributed by atoms with van der Waals surface area (Å²) in [5.41, 5.74) is 1.37. The molecule has 1 aliphatic heterocycles. The monoisotopic (exact) mass is 493 g/mol. The highest BCUT2D eigenvalue weighted by Gasteiger charge is 2.36. The van der Waals surface area contributed by atoms with E-state index in [1.54, 1.807) is 4.90 Å². The van der Waals surface area contributed by atoms with Crippen molar-refractivity contribution in [2.45, 2.75) is 50.6 Å². The van der Waals surface area contributed by atoms with Gasteiger partial charge in [-0.05, 0) is 48.6 Å². The molecule has 0 unspecified atom stereocenters. The van der Waals surface area contributed by atoms with Gasteiger partial charge in [0.05, 0.1) is 12.1 Å². The first-order valence-electron chi connectivity index (χ1n) is 12.3. The zero-order chi connectivity index (χ0) is 24.2. The van der Waals surface area contributed by atoms with Gasteiger partial charge in [0.1, 0.15) is 13.2 Å². The van der Waals surface area contributed by atoms with Crippen LogP contribution in [0.3, 0.4) is 0 Å². The van der Waals surface area contributed by atoms with E-state index in [0.717, 1.165) is 36.3 Å². The van der Waals surface area contributed by atoms with E-state index in [1.807, 2.05) is 65.7 Å². The van der Waals surface area contributed by atoms with Crippen LogP contribution in [0.15, 0.2) is 54.0 Å². The lowest BCUT2D eigenvalue weighted by molar-refractivity contribution is -0.127. The van der Waals surface area contributed by atoms with Crippen molar-refractivity contribution in [1.29, 1.82) is 0 Å². The molecular weight excluding hydrogens is 462 g/mol. The van der Waals surface area contributed by atoms with E-state index in [4.69, 9.17) is 9.47 Å². The zero-order valence-electron chi connectivity index (χ0n) is 19.9. The molecule has 184 valence electrons. The fourth-order valence-electron chi connectivity index (χ4n) is 4.94. The molecule has 1 N–H and O–H groups in total. The second-order valence-electron chi connectivity index (χ2n) is 9.14. The fourth-order valence-corrected chi connectivity index (χ4v) is 5.63. The number of anilines is 1. The van der Waals surface area contributed by atoms with E-state index in [9.17, 15) is 9.59 Å². The molecule has 0 bridgehead atoms. The van der Waals surface area contributed by atoms with Gasteiger partial charge in [0.25, 0.3) is 0 Å². The summed E-state index contributed by atoms with van der Waals surface area (Å²) in [5.74, 6) is 0.927. The number of fused-ring (bicyclic) bond motifs is 1. The molecule has 2 aromatic heterocycles. The van der Waals surface area contributed by atoms with Gasteiger partial charge in [0.15, 0.2) is 17.5 Å². The average Bonchev–Trinajstić information content (AvgIpc) is 3.54. The topological polar surface area (TPSA) is 72.8 Å². The van der Waals surface area contributed by atoms with Gasteiger partial charge in [-0.1, -0.05) is 25.3 Å². The summed E-state index contributed by atoms with van der Waals surface area (Å²) < 4.78 is 13.4. The third-order valence-corrected chi connectivity index (χ3v) is 7.58. The SMILES string of the molecule is Cn1cccc1[C@H](C(=O)NC1CCCCC1)N(C(=O)Cc1cccs1)c1ccc2c(c1)OCCO2. The number of hydrogen-bond acceptors (Lipinski definition) is 5. The van der Waals surface area contributed by atoms with Crippen LogP contribution in [0, 0.1) is 0 Å². The Balaban J connectivity index is 1.55. The minimum atomic E-state index is -0.813. The highest BCUT2D eigenvalue weighted by Crippen LogP contribution is 2.37. The van der Waals surface area contributed by atoms with Crippen LogP contribution in [-0.2, 0) is 23.1 Å². The van der Waals surface area contributed by atoms with Crippen molar-refractivity contribution in [3.8, 4) is 11.5 Å². The predicted octanol–water partition coefficient (Wildman–Crippen LogP) is 4.62. The lowest BCUT2D eigenvalue weighted by Gasteiger charge is -2.34. The third kappa shape index (κ3) is 5.22. The number of aryl methyl sites for hydroxylation is 1. The van der Waals surface area contributed by atoms with Gasteiger partial charge in [-0.3, -0.25) is 14.5 Å². The minimum absolute atomic E-state index is 0.133. The summed E-state index contributed by atoms with van der Waals surface area (Å²) in [6, 6.07) is 12.5. The van der Waals surface area contributed by atoms with Crippen molar-refractivity contribution in [2.75, 3.05) is 18.1 Å². The summed E-state index contributed by atoms with van der Waals surface area (Å²) in [7, 11) is 1.90. The van der Waals surface area contributed by atoms with E-state index in [-0.39, 0.29) is 24.3 Å². The molecule has 0 saturated heterocycles. The maximum absolute atomic E-state index is 13.9. The molecule has 5 rings (SSSR count). The van der Waals surface area contributed by atoms with Gasteiger partial charge in [0.2, 0.25) is 11.8 Å². The molecule has 7 nitrogen and oxygen atoms in total. The molecule has 1 atom stereocenters. The van der Waals surface area contributed by atoms with Crippen LogP contribution in [0.25, 0.3) is 0 Å². The van der Waals surface area contributed by atoms with Gasteiger partial charge in [-0.15, -0.1) is 11.3 Å². The second-order valence-corrected chi connectivity index (χ2v) is 10.2. The summed E-state index contributed by atoms with van der Waals surface area (Å²) in [4.78, 5) is 30.4. The Labute approximate surface area is 209 Å². The second kappa shape index (κ2) is 10.6. The Kier molecular flexibility index (Phi) is 7.08. The van der Waals surface area contributed by atoms with Crippen LogP contribution in [0.5, 0.6) is 11.5 Å². The Bertz CT molecular complexity index is 1170. The average molecular weight is 494 g/mol. The Morgan fingerprint density at radius 3 is 2.60 bits per heavy atom. The predicted molar refractivity (Wildman–Crippen MR) is 136 cm³/mol. The molecule has 35 heavy (non-hydrogen) atoms. The summed E-state index contributed by atoms with van der Waals surface area (Å²) in [6.45, 7) is 0.937. The van der Waals surface area contributed by atoms with Crippen molar-refractivity contribution < 1.29 is 19.1 Å². The molecule has 1 aromatic carbocycles. The minimum Gasteiger partial charge on any atom is -0.486 e. The van der Waals surface area contributed by atoms with Crippen LogP contribution in [0.4, 0.5) is 5.69 Å². The van der Waals surface area contributed by atoms with Gasteiger partial charge in [0, 0.05) is 35.9 Å². The van der Waals surface area contributed by atoms with Crippen molar-refractivity contribution >= 4 is 28.8 Å². The van der Waals surface area contributed by atoms with E-state index in [0.29, 0.717) is 30.4 Å². The number of benzene rings is 1. The number of nitrogens with one attached hydrogen (secondary N) is 1. The number of carbonyl (C=O) groups is 2. The molecule has 2 aliphatic rings. The first-order chi connectivity index (χ1) is 17.1. The number of thiophene rings is 1. The quantitative estimate of drug-likeness (QED) is 0.521. The van der Waals surface area contributed by atoms with E-state index in [2.05, 4.69) is 5.32 Å². The highest BCUT2D eigenvalue weighted by atomic mass is 32.1. The summed E-state index contributed by atoms with van der Waals surface area (Å²) in [6.07, 6.45) is 7.49. The van der Waals surface area contributed by atoms with Gasteiger partial charge in [-0.25, -0.2) is 0 Å². The Morgan fingerprint density at radius 2 is 1.89 bits per heavy atom. The molecular formula is C27H31N3O4S. The molecule has 2 amide bonds. The Morgan fingerprint density at radius 1 is 1.09 bits per heavy atom. The molecule has 0 spiro atoms. The molecule has 0 radical (unpaired) electrons. The van der Waals surface area contributed by atoms with Crippen LogP contribution in [-0.4, -0.2) is 35.6 Å². The maximum Gasteiger partial charge on any atom is 0.249 e. The van der Waals surface area contributed by atoms with Crippen molar-refractivity contribution in [3.05, 3.63) is 64.6 Å². The van der Waals surface area contributed by atoms with Crippen LogP contribution < -0.4 is 19.7 Å². The summed E-state index contributed by atoms with van der Waals surface area (Å²) >= 11 is 1.54. The van der Waals surface area contributed by atoms with Gasteiger partial charge < -0.3 is 19.4 Å². The number of carbonyl (C=O) groups excluding carboxylic acids is 2. The van der Waals surface area contributed by atoms with Crippen molar-refractivity contribution in [1.82, 2.24) is 9.88 Å². The zero-order valence-corrected chi connectivity index (χ0v) is 20.8. The molecule has 3 heterocycles. The van der Waals surface area contributed by atoms with Crippen LogP contribution in [0.1, 0.15) is 48.7 Å². The third-order valence-electron chi connectivity index (χ3n) is 6.70. The fraction of sp³-hybridized carbons (Fsp3) is 0.407. The molecule has 8 heteroatoms. The van der Waals surface area contributed by atoms with E-state index < -0.39 is 6.04 Å². The smallest absolute Gasteiger partial charge is 0.249 e. The highest BCUT2D eigenvalue weighted by molar-refractivity contribution is 7.10. The number of rotatable bonds is 7. The molecule has 3 aromatic rings. The van der Waals surface area contributed by atoms with Crippen LogP contribution in [0.2, 0.25) is 0 Å².